The number of rotatable bonds is 2. The predicted octanol–water partition coefficient (Wildman–Crippen LogP) is 3.10. The molecule has 0 aliphatic carbocycles. The van der Waals surface area contributed by atoms with Gasteiger partial charge in [-0.25, -0.2) is 9.37 Å². The quantitative estimate of drug-likeness (QED) is 0.698. The highest BCUT2D eigenvalue weighted by atomic mass is 19.1. The van der Waals surface area contributed by atoms with Crippen LogP contribution in [0.25, 0.3) is 11.3 Å². The number of amides is 1. The lowest BCUT2D eigenvalue weighted by Gasteiger charge is -2.35. The third kappa shape index (κ3) is 2.75. The molecule has 1 amide bonds. The molecule has 2 aliphatic heterocycles. The van der Waals surface area contributed by atoms with Gasteiger partial charge in [-0.1, -0.05) is 12.1 Å². The van der Waals surface area contributed by atoms with Crippen molar-refractivity contribution >= 4 is 5.91 Å². The molecule has 0 bridgehead atoms. The number of halogens is 1. The van der Waals surface area contributed by atoms with Crippen molar-refractivity contribution in [3.63, 3.8) is 0 Å². The van der Waals surface area contributed by atoms with Gasteiger partial charge >= 0.3 is 0 Å². The van der Waals surface area contributed by atoms with Gasteiger partial charge < -0.3 is 18.6 Å². The molecule has 1 aromatic carbocycles. The molecule has 1 spiro atoms. The van der Waals surface area contributed by atoms with Gasteiger partial charge in [-0.3, -0.25) is 4.79 Å². The molecular formula is C20H18FN3O3. The zero-order valence-corrected chi connectivity index (χ0v) is 14.6. The summed E-state index contributed by atoms with van der Waals surface area (Å²) >= 11 is 0. The average molecular weight is 367 g/mol. The van der Waals surface area contributed by atoms with Crippen LogP contribution in [0.15, 0.2) is 53.3 Å². The first-order chi connectivity index (χ1) is 13.1. The molecule has 0 radical (unpaired) electrons. The van der Waals surface area contributed by atoms with Crippen molar-refractivity contribution in [3.8, 4) is 11.3 Å². The Morgan fingerprint density at radius 1 is 1.22 bits per heavy atom. The van der Waals surface area contributed by atoms with E-state index in [0.29, 0.717) is 32.0 Å². The fourth-order valence-electron chi connectivity index (χ4n) is 3.96. The molecule has 2 aromatic heterocycles. The molecule has 7 heteroatoms. The van der Waals surface area contributed by atoms with Crippen molar-refractivity contribution in [2.75, 3.05) is 13.1 Å². The summed E-state index contributed by atoms with van der Waals surface area (Å²) in [5.41, 5.74) is 1.19. The number of hydrogen-bond donors (Lipinski definition) is 0. The summed E-state index contributed by atoms with van der Waals surface area (Å²) in [5.74, 6) is 0.755. The van der Waals surface area contributed by atoms with E-state index in [9.17, 15) is 9.18 Å². The first-order valence-corrected chi connectivity index (χ1v) is 8.91. The van der Waals surface area contributed by atoms with Crippen molar-refractivity contribution in [1.82, 2.24) is 14.5 Å². The Bertz CT molecular complexity index is 998. The normalized spacial score (nSPS) is 21.6. The lowest BCUT2D eigenvalue weighted by Crippen LogP contribution is -2.45. The van der Waals surface area contributed by atoms with Crippen LogP contribution in [0.1, 0.15) is 22.8 Å². The number of hydrogen-bond acceptors (Lipinski definition) is 4. The van der Waals surface area contributed by atoms with E-state index in [1.165, 1.54) is 18.4 Å². The number of benzene rings is 1. The van der Waals surface area contributed by atoms with Crippen molar-refractivity contribution in [3.05, 3.63) is 66.3 Å². The summed E-state index contributed by atoms with van der Waals surface area (Å²) in [4.78, 5) is 18.8. The molecule has 27 heavy (non-hydrogen) atoms. The smallest absolute Gasteiger partial charge is 0.289 e. The second-order valence-corrected chi connectivity index (χ2v) is 7.08. The molecule has 2 aliphatic rings. The van der Waals surface area contributed by atoms with Gasteiger partial charge in [0.15, 0.2) is 5.76 Å². The number of carbonyl (C=O) groups is 1. The molecule has 1 saturated heterocycles. The Morgan fingerprint density at radius 3 is 2.96 bits per heavy atom. The van der Waals surface area contributed by atoms with Crippen LogP contribution < -0.4 is 0 Å². The SMILES string of the molecule is O=C(c1ccco1)N1CCC2(C1)Cn1c(-c3cccc(F)c3)cnc1CO2. The van der Waals surface area contributed by atoms with Crippen molar-refractivity contribution in [2.45, 2.75) is 25.2 Å². The van der Waals surface area contributed by atoms with Crippen LogP contribution in [0.4, 0.5) is 4.39 Å². The second-order valence-electron chi connectivity index (χ2n) is 7.08. The summed E-state index contributed by atoms with van der Waals surface area (Å²) in [6, 6.07) is 9.88. The Labute approximate surface area is 155 Å². The van der Waals surface area contributed by atoms with E-state index >= 15 is 0 Å². The number of imidazole rings is 1. The van der Waals surface area contributed by atoms with E-state index in [4.69, 9.17) is 9.15 Å². The van der Waals surface area contributed by atoms with Gasteiger partial charge in [0.1, 0.15) is 23.8 Å². The number of nitrogens with zero attached hydrogens (tertiary/aromatic N) is 3. The van der Waals surface area contributed by atoms with Crippen LogP contribution in [-0.4, -0.2) is 39.0 Å². The van der Waals surface area contributed by atoms with Crippen LogP contribution >= 0.6 is 0 Å². The predicted molar refractivity (Wildman–Crippen MR) is 94.4 cm³/mol. The van der Waals surface area contributed by atoms with E-state index in [1.54, 1.807) is 29.3 Å². The van der Waals surface area contributed by atoms with Crippen LogP contribution in [0.3, 0.4) is 0 Å². The molecule has 0 N–H and O–H groups in total. The summed E-state index contributed by atoms with van der Waals surface area (Å²) in [5, 5.41) is 0. The molecule has 1 atom stereocenters. The highest BCUT2D eigenvalue weighted by Crippen LogP contribution is 2.35. The Balaban J connectivity index is 1.41. The molecule has 5 rings (SSSR count). The zero-order valence-electron chi connectivity index (χ0n) is 14.6. The van der Waals surface area contributed by atoms with Gasteiger partial charge in [-0.2, -0.15) is 0 Å². The highest BCUT2D eigenvalue weighted by molar-refractivity contribution is 5.91. The molecule has 1 fully saturated rings. The first-order valence-electron chi connectivity index (χ1n) is 8.91. The van der Waals surface area contributed by atoms with Crippen LogP contribution in [-0.2, 0) is 17.9 Å². The number of furan rings is 1. The van der Waals surface area contributed by atoms with Crippen molar-refractivity contribution < 1.29 is 18.3 Å². The maximum absolute atomic E-state index is 13.7. The topological polar surface area (TPSA) is 60.5 Å². The largest absolute Gasteiger partial charge is 0.459 e. The van der Waals surface area contributed by atoms with Gasteiger partial charge in [-0.05, 0) is 30.7 Å². The monoisotopic (exact) mass is 367 g/mol. The lowest BCUT2D eigenvalue weighted by atomic mass is 10.0. The minimum absolute atomic E-state index is 0.123. The van der Waals surface area contributed by atoms with E-state index in [-0.39, 0.29) is 11.7 Å². The summed E-state index contributed by atoms with van der Waals surface area (Å²) in [6.45, 7) is 2.06. The van der Waals surface area contributed by atoms with Gasteiger partial charge in [0.2, 0.25) is 0 Å². The third-order valence-corrected chi connectivity index (χ3v) is 5.35. The molecule has 138 valence electrons. The Morgan fingerprint density at radius 2 is 2.15 bits per heavy atom. The Kier molecular flexibility index (Phi) is 3.65. The number of aromatic nitrogens is 2. The van der Waals surface area contributed by atoms with Gasteiger partial charge in [0.05, 0.1) is 31.2 Å². The van der Waals surface area contributed by atoms with E-state index < -0.39 is 5.60 Å². The fourth-order valence-corrected chi connectivity index (χ4v) is 3.96. The van der Waals surface area contributed by atoms with Crippen LogP contribution in [0.5, 0.6) is 0 Å². The molecule has 1 unspecified atom stereocenters. The maximum atomic E-state index is 13.7. The van der Waals surface area contributed by atoms with Crippen LogP contribution in [0, 0.1) is 5.82 Å². The number of carbonyl (C=O) groups excluding carboxylic acids is 1. The molecule has 0 saturated carbocycles. The number of fused-ring (bicyclic) bond motifs is 1. The zero-order chi connectivity index (χ0) is 18.4. The Hall–Kier alpha value is -2.93. The van der Waals surface area contributed by atoms with Gasteiger partial charge in [0.25, 0.3) is 5.91 Å². The van der Waals surface area contributed by atoms with Gasteiger partial charge in [0, 0.05) is 12.1 Å². The average Bonchev–Trinajstić information content (AvgIpc) is 3.41. The third-order valence-electron chi connectivity index (χ3n) is 5.35. The van der Waals surface area contributed by atoms with E-state index in [2.05, 4.69) is 9.55 Å². The maximum Gasteiger partial charge on any atom is 0.289 e. The summed E-state index contributed by atoms with van der Waals surface area (Å²) in [6.07, 6.45) is 3.99. The summed E-state index contributed by atoms with van der Waals surface area (Å²) < 4.78 is 27.1. The fraction of sp³-hybridized carbons (Fsp3) is 0.300. The number of likely N-dealkylation sites (tertiary alicyclic amines) is 1. The molecular weight excluding hydrogens is 349 g/mol. The van der Waals surface area contributed by atoms with E-state index in [1.807, 2.05) is 6.07 Å². The number of ether oxygens (including phenoxy) is 1. The van der Waals surface area contributed by atoms with Gasteiger partial charge in [-0.15, -0.1) is 0 Å². The minimum atomic E-state index is -0.460. The van der Waals surface area contributed by atoms with E-state index in [0.717, 1.165) is 23.5 Å². The van der Waals surface area contributed by atoms with Crippen LogP contribution in [0.2, 0.25) is 0 Å². The lowest BCUT2D eigenvalue weighted by molar-refractivity contribution is -0.0805. The molecule has 3 aromatic rings. The van der Waals surface area contributed by atoms with Crippen molar-refractivity contribution in [2.24, 2.45) is 0 Å². The highest BCUT2D eigenvalue weighted by Gasteiger charge is 2.45. The molecule has 4 heterocycles. The second kappa shape index (κ2) is 6.06. The molecule has 6 nitrogen and oxygen atoms in total. The van der Waals surface area contributed by atoms with Crippen molar-refractivity contribution in [1.29, 1.82) is 0 Å². The summed E-state index contributed by atoms with van der Waals surface area (Å²) in [7, 11) is 0. The first kappa shape index (κ1) is 16.3. The standard InChI is InChI=1S/C20H18FN3O3/c21-15-4-1-3-14(9-15)16-10-22-18-11-27-20(13-24(16)18)6-7-23(12-20)19(25)17-5-2-8-26-17/h1-5,8-10H,6-7,11-13H2. The minimum Gasteiger partial charge on any atom is -0.459 e.